The Balaban J connectivity index is 1.08. The predicted molar refractivity (Wildman–Crippen MR) is 251 cm³/mol. The fraction of sp³-hybridized carbons (Fsp3) is 0. The standard InChI is InChI=1S/C56H35N5O/c1-5-18-36(19-6-1)49-51(38-20-7-2-8-21-38)60-61-52(39-22-9-3-10-23-39)48(42-26-13-14-27-43(42)53(49)61)37-32-34-41(35-33-37)55-57-54(40-24-11-4-12-25-40)58-56(59-55)45-29-17-31-47-50(45)44-28-15-16-30-46(44)62-47/h1-35H. The summed E-state index contributed by atoms with van der Waals surface area (Å²) >= 11 is 0. The van der Waals surface area contributed by atoms with E-state index in [2.05, 4.69) is 156 Å². The zero-order valence-electron chi connectivity index (χ0n) is 33.4. The molecule has 0 bridgehead atoms. The highest BCUT2D eigenvalue weighted by Crippen LogP contribution is 2.46. The van der Waals surface area contributed by atoms with Gasteiger partial charge < -0.3 is 4.42 Å². The molecule has 0 spiro atoms. The van der Waals surface area contributed by atoms with Crippen LogP contribution in [0.25, 0.3) is 117 Å². The molecule has 0 N–H and O–H groups in total. The van der Waals surface area contributed by atoms with Gasteiger partial charge in [0.05, 0.1) is 11.2 Å². The first-order valence-electron chi connectivity index (χ1n) is 20.7. The summed E-state index contributed by atoms with van der Waals surface area (Å²) in [5, 5.41) is 9.79. The predicted octanol–water partition coefficient (Wildman–Crippen LogP) is 14.2. The lowest BCUT2D eigenvalue weighted by molar-refractivity contribution is 0.669. The van der Waals surface area contributed by atoms with Crippen molar-refractivity contribution in [1.29, 1.82) is 0 Å². The Morgan fingerprint density at radius 2 is 0.823 bits per heavy atom. The zero-order chi connectivity index (χ0) is 41.0. The van der Waals surface area contributed by atoms with E-state index in [9.17, 15) is 0 Å². The minimum atomic E-state index is 0.583. The van der Waals surface area contributed by atoms with Gasteiger partial charge in [-0.3, -0.25) is 0 Å². The van der Waals surface area contributed by atoms with Gasteiger partial charge in [-0.15, -0.1) is 0 Å². The van der Waals surface area contributed by atoms with Crippen molar-refractivity contribution < 1.29 is 4.42 Å². The molecule has 0 fully saturated rings. The highest BCUT2D eigenvalue weighted by atomic mass is 16.3. The Labute approximate surface area is 357 Å². The third kappa shape index (κ3) is 5.88. The number of benzene rings is 8. The monoisotopic (exact) mass is 793 g/mol. The summed E-state index contributed by atoms with van der Waals surface area (Å²) < 4.78 is 8.45. The van der Waals surface area contributed by atoms with Crippen LogP contribution < -0.4 is 0 Å². The van der Waals surface area contributed by atoms with Crippen molar-refractivity contribution in [2.24, 2.45) is 0 Å². The average molecular weight is 794 g/mol. The molecule has 62 heavy (non-hydrogen) atoms. The van der Waals surface area contributed by atoms with Crippen LogP contribution in [0.1, 0.15) is 0 Å². The quantitative estimate of drug-likeness (QED) is 0.161. The van der Waals surface area contributed by atoms with Crippen molar-refractivity contribution >= 4 is 38.2 Å². The molecule has 0 saturated carbocycles. The van der Waals surface area contributed by atoms with Crippen molar-refractivity contribution in [2.75, 3.05) is 0 Å². The minimum Gasteiger partial charge on any atom is -0.456 e. The highest BCUT2D eigenvalue weighted by Gasteiger charge is 2.25. The van der Waals surface area contributed by atoms with E-state index in [0.717, 1.165) is 99.7 Å². The van der Waals surface area contributed by atoms with Crippen molar-refractivity contribution in [3.8, 4) is 78.9 Å². The van der Waals surface area contributed by atoms with Crippen LogP contribution >= 0.6 is 0 Å². The maximum absolute atomic E-state index is 6.27. The van der Waals surface area contributed by atoms with E-state index in [1.165, 1.54) is 0 Å². The van der Waals surface area contributed by atoms with Gasteiger partial charge in [0.15, 0.2) is 17.5 Å². The zero-order valence-corrected chi connectivity index (χ0v) is 33.4. The van der Waals surface area contributed by atoms with Crippen LogP contribution in [0.5, 0.6) is 0 Å². The lowest BCUT2D eigenvalue weighted by Gasteiger charge is -2.18. The van der Waals surface area contributed by atoms with Crippen LogP contribution in [-0.2, 0) is 0 Å². The second kappa shape index (κ2) is 14.7. The molecular weight excluding hydrogens is 759 g/mol. The third-order valence-electron chi connectivity index (χ3n) is 11.7. The molecule has 4 heterocycles. The van der Waals surface area contributed by atoms with Gasteiger partial charge in [0.1, 0.15) is 16.9 Å². The van der Waals surface area contributed by atoms with Gasteiger partial charge in [-0.2, -0.15) is 5.10 Å². The number of nitrogens with zero attached hydrogens (tertiary/aromatic N) is 5. The topological polar surface area (TPSA) is 69.1 Å². The fourth-order valence-corrected chi connectivity index (χ4v) is 8.89. The summed E-state index contributed by atoms with van der Waals surface area (Å²) in [6, 6.07) is 73.3. The molecule has 12 aromatic rings. The number of para-hydroxylation sites is 1. The van der Waals surface area contributed by atoms with Crippen molar-refractivity contribution in [1.82, 2.24) is 24.6 Å². The SMILES string of the molecule is c1ccc(-c2nc(-c3ccc(-c4c(-c5ccccc5)n5nc(-c6ccccc6)c(-c6ccccc6)c5c5ccccc45)cc3)nc(-c3cccc4oc5ccccc5c34)n2)cc1. The first-order valence-corrected chi connectivity index (χ1v) is 20.7. The summed E-state index contributed by atoms with van der Waals surface area (Å²) in [5.74, 6) is 1.77. The molecule has 0 saturated heterocycles. The molecule has 0 atom stereocenters. The van der Waals surface area contributed by atoms with E-state index < -0.39 is 0 Å². The highest BCUT2D eigenvalue weighted by molar-refractivity contribution is 6.15. The van der Waals surface area contributed by atoms with Crippen LogP contribution in [-0.4, -0.2) is 24.6 Å². The maximum Gasteiger partial charge on any atom is 0.164 e. The second-order valence-electron chi connectivity index (χ2n) is 15.4. The molecule has 290 valence electrons. The molecule has 6 heteroatoms. The molecule has 0 aliphatic rings. The minimum absolute atomic E-state index is 0.583. The Hall–Kier alpha value is -8.48. The average Bonchev–Trinajstić information content (AvgIpc) is 3.95. The van der Waals surface area contributed by atoms with Crippen molar-refractivity contribution in [3.05, 3.63) is 212 Å². The molecule has 0 radical (unpaired) electrons. The number of hydrogen-bond donors (Lipinski definition) is 0. The molecule has 6 nitrogen and oxygen atoms in total. The number of aromatic nitrogens is 5. The summed E-state index contributed by atoms with van der Waals surface area (Å²) in [4.78, 5) is 15.4. The molecule has 12 rings (SSSR count). The summed E-state index contributed by atoms with van der Waals surface area (Å²) in [5.41, 5.74) is 13.8. The smallest absolute Gasteiger partial charge is 0.164 e. The first-order chi connectivity index (χ1) is 30.8. The summed E-state index contributed by atoms with van der Waals surface area (Å²) in [7, 11) is 0. The van der Waals surface area contributed by atoms with Crippen molar-refractivity contribution in [3.63, 3.8) is 0 Å². The number of rotatable bonds is 7. The Morgan fingerprint density at radius 3 is 1.50 bits per heavy atom. The number of furan rings is 1. The van der Waals surface area contributed by atoms with E-state index in [-0.39, 0.29) is 0 Å². The molecule has 0 aliphatic heterocycles. The third-order valence-corrected chi connectivity index (χ3v) is 11.7. The van der Waals surface area contributed by atoms with E-state index in [0.29, 0.717) is 17.5 Å². The van der Waals surface area contributed by atoms with E-state index in [4.69, 9.17) is 24.5 Å². The lowest BCUT2D eigenvalue weighted by Crippen LogP contribution is -2.01. The van der Waals surface area contributed by atoms with Crippen LogP contribution in [0.15, 0.2) is 217 Å². The van der Waals surface area contributed by atoms with Crippen molar-refractivity contribution in [2.45, 2.75) is 0 Å². The van der Waals surface area contributed by atoms with Crippen LogP contribution in [0.4, 0.5) is 0 Å². The Kier molecular flexibility index (Phi) is 8.38. The molecule has 0 amide bonds. The van der Waals surface area contributed by atoms with Crippen LogP contribution in [0.3, 0.4) is 0 Å². The van der Waals surface area contributed by atoms with Gasteiger partial charge in [0.2, 0.25) is 0 Å². The summed E-state index contributed by atoms with van der Waals surface area (Å²) in [6.07, 6.45) is 0. The fourth-order valence-electron chi connectivity index (χ4n) is 8.89. The van der Waals surface area contributed by atoms with E-state index in [1.54, 1.807) is 0 Å². The van der Waals surface area contributed by atoms with E-state index >= 15 is 0 Å². The number of pyridine rings is 1. The second-order valence-corrected chi connectivity index (χ2v) is 15.4. The van der Waals surface area contributed by atoms with Gasteiger partial charge in [0.25, 0.3) is 0 Å². The van der Waals surface area contributed by atoms with Gasteiger partial charge >= 0.3 is 0 Å². The Bertz CT molecular complexity index is 3600. The van der Waals surface area contributed by atoms with Gasteiger partial charge in [-0.1, -0.05) is 200 Å². The number of fused-ring (bicyclic) bond motifs is 6. The molecule has 0 aliphatic carbocycles. The Morgan fingerprint density at radius 1 is 0.339 bits per heavy atom. The van der Waals surface area contributed by atoms with Gasteiger partial charge in [-0.25, -0.2) is 19.5 Å². The summed E-state index contributed by atoms with van der Waals surface area (Å²) in [6.45, 7) is 0. The molecular formula is C56H35N5O. The molecule has 0 unspecified atom stereocenters. The first kappa shape index (κ1) is 35.5. The molecule has 4 aromatic heterocycles. The lowest BCUT2D eigenvalue weighted by atomic mass is 9.91. The van der Waals surface area contributed by atoms with E-state index in [1.807, 2.05) is 60.7 Å². The van der Waals surface area contributed by atoms with Crippen LogP contribution in [0.2, 0.25) is 0 Å². The maximum atomic E-state index is 6.27. The largest absolute Gasteiger partial charge is 0.456 e. The number of hydrogen-bond acceptors (Lipinski definition) is 5. The van der Waals surface area contributed by atoms with Gasteiger partial charge in [0, 0.05) is 55.1 Å². The van der Waals surface area contributed by atoms with Crippen LogP contribution in [0, 0.1) is 0 Å². The van der Waals surface area contributed by atoms with Gasteiger partial charge in [-0.05, 0) is 28.6 Å². The molecule has 8 aromatic carbocycles. The normalized spacial score (nSPS) is 11.5.